The largest absolute Gasteiger partial charge is 0.486 e. The second-order valence-corrected chi connectivity index (χ2v) is 4.86. The summed E-state index contributed by atoms with van der Waals surface area (Å²) in [6.45, 7) is 1.16. The first kappa shape index (κ1) is 12.0. The van der Waals surface area contributed by atoms with E-state index in [0.717, 1.165) is 34.1 Å². The molecule has 6 heteroatoms. The number of H-pyrrole nitrogens is 1. The summed E-state index contributed by atoms with van der Waals surface area (Å²) >= 11 is 0. The van der Waals surface area contributed by atoms with Crippen molar-refractivity contribution in [1.82, 2.24) is 19.7 Å². The van der Waals surface area contributed by atoms with Crippen molar-refractivity contribution in [3.8, 4) is 34.1 Å². The molecule has 1 aliphatic rings. The van der Waals surface area contributed by atoms with Gasteiger partial charge in [-0.1, -0.05) is 0 Å². The zero-order valence-electron chi connectivity index (χ0n) is 11.5. The van der Waals surface area contributed by atoms with Crippen molar-refractivity contribution in [3.05, 3.63) is 36.8 Å². The van der Waals surface area contributed by atoms with Crippen LogP contribution in [0.3, 0.4) is 0 Å². The predicted octanol–water partition coefficient (Wildman–Crippen LogP) is 2.25. The molecule has 2 aromatic heterocycles. The molecule has 1 aromatic carbocycles. The van der Waals surface area contributed by atoms with Gasteiger partial charge in [0, 0.05) is 31.2 Å². The summed E-state index contributed by atoms with van der Waals surface area (Å²) in [6, 6.07) is 5.87. The number of benzene rings is 1. The van der Waals surface area contributed by atoms with Crippen LogP contribution in [0.4, 0.5) is 0 Å². The molecule has 0 saturated carbocycles. The topological polar surface area (TPSA) is 65.0 Å². The van der Waals surface area contributed by atoms with Gasteiger partial charge in [-0.2, -0.15) is 5.10 Å². The van der Waals surface area contributed by atoms with E-state index >= 15 is 0 Å². The van der Waals surface area contributed by atoms with Gasteiger partial charge in [-0.3, -0.25) is 4.68 Å². The fourth-order valence-electron chi connectivity index (χ4n) is 2.48. The lowest BCUT2D eigenvalue weighted by Gasteiger charge is -2.18. The first-order valence-corrected chi connectivity index (χ1v) is 6.75. The minimum Gasteiger partial charge on any atom is -0.486 e. The molecular formula is C15H14N4O2. The number of aromatic nitrogens is 4. The van der Waals surface area contributed by atoms with Crippen molar-refractivity contribution in [2.24, 2.45) is 7.05 Å². The van der Waals surface area contributed by atoms with Gasteiger partial charge in [-0.25, -0.2) is 4.98 Å². The van der Waals surface area contributed by atoms with Crippen molar-refractivity contribution >= 4 is 0 Å². The maximum Gasteiger partial charge on any atom is 0.162 e. The highest BCUT2D eigenvalue weighted by molar-refractivity contribution is 5.78. The minimum atomic E-state index is 0.573. The maximum atomic E-state index is 5.64. The van der Waals surface area contributed by atoms with Crippen molar-refractivity contribution in [2.75, 3.05) is 13.2 Å². The molecule has 1 N–H and O–H groups in total. The number of nitrogens with zero attached hydrogens (tertiary/aromatic N) is 3. The molecule has 0 fully saturated rings. The van der Waals surface area contributed by atoms with E-state index in [4.69, 9.17) is 9.47 Å². The second-order valence-electron chi connectivity index (χ2n) is 4.86. The third-order valence-corrected chi connectivity index (χ3v) is 3.40. The van der Waals surface area contributed by atoms with Crippen molar-refractivity contribution in [2.45, 2.75) is 0 Å². The smallest absolute Gasteiger partial charge is 0.162 e. The molecular weight excluding hydrogens is 268 g/mol. The standard InChI is InChI=1S/C15H14N4O2/c1-19-9-11(15-16-4-5-17-15)14(18-19)10-2-3-12-13(8-10)21-7-6-20-12/h2-5,8-9H,6-7H2,1H3,(H,16,17). The molecule has 0 atom stereocenters. The Hall–Kier alpha value is -2.76. The summed E-state index contributed by atoms with van der Waals surface area (Å²) in [4.78, 5) is 7.43. The number of nitrogens with one attached hydrogen (secondary N) is 1. The lowest BCUT2D eigenvalue weighted by Crippen LogP contribution is -2.15. The average Bonchev–Trinajstić information content (AvgIpc) is 3.15. The summed E-state index contributed by atoms with van der Waals surface area (Å²) in [7, 11) is 1.90. The molecule has 0 spiro atoms. The Bertz CT molecular complexity index is 777. The molecule has 6 nitrogen and oxygen atoms in total. The van der Waals surface area contributed by atoms with Crippen LogP contribution in [0.25, 0.3) is 22.6 Å². The highest BCUT2D eigenvalue weighted by Gasteiger charge is 2.17. The number of hydrogen-bond acceptors (Lipinski definition) is 4. The van der Waals surface area contributed by atoms with E-state index in [1.807, 2.05) is 31.4 Å². The van der Waals surface area contributed by atoms with Gasteiger partial charge >= 0.3 is 0 Å². The molecule has 0 unspecified atom stereocenters. The minimum absolute atomic E-state index is 0.573. The molecule has 0 amide bonds. The number of rotatable bonds is 2. The van der Waals surface area contributed by atoms with Crippen LogP contribution in [0, 0.1) is 0 Å². The third-order valence-electron chi connectivity index (χ3n) is 3.40. The summed E-state index contributed by atoms with van der Waals surface area (Å²) < 4.78 is 13.0. The van der Waals surface area contributed by atoms with Crippen LogP contribution in [-0.2, 0) is 7.05 Å². The Labute approximate surface area is 121 Å². The molecule has 106 valence electrons. The SMILES string of the molecule is Cn1cc(-c2ncc[nH]2)c(-c2ccc3c(c2)OCCO3)n1. The van der Waals surface area contributed by atoms with Gasteiger partial charge in [0.15, 0.2) is 11.5 Å². The van der Waals surface area contributed by atoms with Gasteiger partial charge in [0.2, 0.25) is 0 Å². The van der Waals surface area contributed by atoms with Gasteiger partial charge in [0.05, 0.1) is 5.56 Å². The molecule has 0 radical (unpaired) electrons. The molecule has 3 heterocycles. The highest BCUT2D eigenvalue weighted by Crippen LogP contribution is 2.36. The number of hydrogen-bond donors (Lipinski definition) is 1. The zero-order valence-corrected chi connectivity index (χ0v) is 11.5. The van der Waals surface area contributed by atoms with Gasteiger partial charge in [0.25, 0.3) is 0 Å². The molecule has 3 aromatic rings. The van der Waals surface area contributed by atoms with Gasteiger partial charge in [-0.15, -0.1) is 0 Å². The Morgan fingerprint density at radius 1 is 1.19 bits per heavy atom. The van der Waals surface area contributed by atoms with Crippen molar-refractivity contribution in [3.63, 3.8) is 0 Å². The monoisotopic (exact) mass is 282 g/mol. The van der Waals surface area contributed by atoms with Gasteiger partial charge < -0.3 is 14.5 Å². The van der Waals surface area contributed by atoms with E-state index in [9.17, 15) is 0 Å². The lowest BCUT2D eigenvalue weighted by molar-refractivity contribution is 0.171. The lowest BCUT2D eigenvalue weighted by atomic mass is 10.1. The number of imidazole rings is 1. The van der Waals surface area contributed by atoms with E-state index in [-0.39, 0.29) is 0 Å². The highest BCUT2D eigenvalue weighted by atomic mass is 16.6. The summed E-state index contributed by atoms with van der Waals surface area (Å²) in [5.74, 6) is 2.34. The van der Waals surface area contributed by atoms with Crippen LogP contribution in [0.5, 0.6) is 11.5 Å². The van der Waals surface area contributed by atoms with E-state index in [0.29, 0.717) is 13.2 Å². The van der Waals surface area contributed by atoms with Crippen LogP contribution < -0.4 is 9.47 Å². The molecule has 1 aliphatic heterocycles. The van der Waals surface area contributed by atoms with Crippen LogP contribution in [0.15, 0.2) is 36.8 Å². The fourth-order valence-corrected chi connectivity index (χ4v) is 2.48. The summed E-state index contributed by atoms with van der Waals surface area (Å²) in [6.07, 6.45) is 5.48. The van der Waals surface area contributed by atoms with Crippen molar-refractivity contribution < 1.29 is 9.47 Å². The fraction of sp³-hybridized carbons (Fsp3) is 0.200. The molecule has 0 bridgehead atoms. The van der Waals surface area contributed by atoms with Crippen LogP contribution in [0.1, 0.15) is 0 Å². The molecule has 0 saturated heterocycles. The van der Waals surface area contributed by atoms with E-state index in [2.05, 4.69) is 15.1 Å². The van der Waals surface area contributed by atoms with Crippen LogP contribution in [0.2, 0.25) is 0 Å². The van der Waals surface area contributed by atoms with E-state index < -0.39 is 0 Å². The average molecular weight is 282 g/mol. The maximum absolute atomic E-state index is 5.64. The predicted molar refractivity (Wildman–Crippen MR) is 77.2 cm³/mol. The van der Waals surface area contributed by atoms with Gasteiger partial charge in [0.1, 0.15) is 24.7 Å². The number of aryl methyl sites for hydroxylation is 1. The van der Waals surface area contributed by atoms with Crippen LogP contribution >= 0.6 is 0 Å². The summed E-state index contributed by atoms with van der Waals surface area (Å²) in [5, 5.41) is 4.55. The number of fused-ring (bicyclic) bond motifs is 1. The van der Waals surface area contributed by atoms with E-state index in [1.165, 1.54) is 0 Å². The number of ether oxygens (including phenoxy) is 2. The quantitative estimate of drug-likeness (QED) is 0.783. The Morgan fingerprint density at radius 3 is 2.86 bits per heavy atom. The Morgan fingerprint density at radius 2 is 2.05 bits per heavy atom. The number of aromatic amines is 1. The zero-order chi connectivity index (χ0) is 14.2. The first-order valence-electron chi connectivity index (χ1n) is 6.75. The second kappa shape index (κ2) is 4.66. The Kier molecular flexibility index (Phi) is 2.67. The summed E-state index contributed by atoms with van der Waals surface area (Å²) in [5.41, 5.74) is 2.80. The van der Waals surface area contributed by atoms with Gasteiger partial charge in [-0.05, 0) is 18.2 Å². The normalized spacial score (nSPS) is 13.4. The molecule has 4 rings (SSSR count). The third kappa shape index (κ3) is 2.05. The Balaban J connectivity index is 1.83. The molecule has 21 heavy (non-hydrogen) atoms. The van der Waals surface area contributed by atoms with E-state index in [1.54, 1.807) is 17.1 Å². The van der Waals surface area contributed by atoms with Crippen molar-refractivity contribution in [1.29, 1.82) is 0 Å². The molecule has 0 aliphatic carbocycles. The van der Waals surface area contributed by atoms with Crippen LogP contribution in [-0.4, -0.2) is 33.0 Å². The first-order chi connectivity index (χ1) is 10.3.